The van der Waals surface area contributed by atoms with Gasteiger partial charge in [0.2, 0.25) is 12.4 Å². The van der Waals surface area contributed by atoms with Gasteiger partial charge in [-0.2, -0.15) is 11.8 Å². The maximum Gasteiger partial charge on any atom is 0.305 e. The van der Waals surface area contributed by atoms with E-state index in [1.165, 1.54) is 32.5 Å². The average molecular weight is 597 g/mol. The van der Waals surface area contributed by atoms with Crippen molar-refractivity contribution in [3.63, 3.8) is 0 Å². The van der Waals surface area contributed by atoms with Gasteiger partial charge in [0.25, 0.3) is 0 Å². The highest BCUT2D eigenvalue weighted by atomic mass is 32.2. The number of aldehydes is 1. The largest absolute Gasteiger partial charge is 0.457 e. The molecule has 0 radical (unpaired) electrons. The van der Waals surface area contributed by atoms with E-state index in [-0.39, 0.29) is 0 Å². The number of carbonyl (C=O) groups is 4. The third-order valence-corrected chi connectivity index (χ3v) is 8.88. The summed E-state index contributed by atoms with van der Waals surface area (Å²) in [5.74, 6) is -1.78. The molecule has 1 aliphatic heterocycles. The molecule has 41 heavy (non-hydrogen) atoms. The average Bonchev–Trinajstić information content (AvgIpc) is 3.39. The van der Waals surface area contributed by atoms with Crippen molar-refractivity contribution in [3.05, 3.63) is 81.7 Å². The van der Waals surface area contributed by atoms with Crippen LogP contribution >= 0.6 is 23.1 Å². The molecular formula is C31H32O8S2. The van der Waals surface area contributed by atoms with Crippen LogP contribution in [0.4, 0.5) is 0 Å². The molecule has 0 saturated carbocycles. The second-order valence-electron chi connectivity index (χ2n) is 9.75. The van der Waals surface area contributed by atoms with E-state index in [0.717, 1.165) is 38.3 Å². The van der Waals surface area contributed by atoms with Gasteiger partial charge in [0, 0.05) is 42.5 Å². The van der Waals surface area contributed by atoms with Crippen LogP contribution in [0.1, 0.15) is 58.8 Å². The summed E-state index contributed by atoms with van der Waals surface area (Å²) in [5, 5.41) is -0.455. The molecular weight excluding hydrogens is 564 g/mol. The lowest BCUT2D eigenvalue weighted by Gasteiger charge is -2.44. The number of hydrogen-bond acceptors (Lipinski definition) is 10. The Labute approximate surface area is 247 Å². The molecule has 0 N–H and O–H groups in total. The molecule has 1 aromatic heterocycles. The Morgan fingerprint density at radius 2 is 1.63 bits per heavy atom. The summed E-state index contributed by atoms with van der Waals surface area (Å²) < 4.78 is 22.8. The first-order valence-electron chi connectivity index (χ1n) is 13.0. The van der Waals surface area contributed by atoms with Gasteiger partial charge in [-0.15, -0.1) is 11.3 Å². The number of ether oxygens (including phenoxy) is 4. The van der Waals surface area contributed by atoms with Crippen LogP contribution in [0.5, 0.6) is 0 Å². The van der Waals surface area contributed by atoms with Crippen molar-refractivity contribution in [2.75, 3.05) is 6.26 Å². The summed E-state index contributed by atoms with van der Waals surface area (Å²) in [6, 6.07) is 17.7. The van der Waals surface area contributed by atoms with Crippen molar-refractivity contribution >= 4 is 47.3 Å². The Morgan fingerprint density at radius 1 is 0.927 bits per heavy atom. The minimum Gasteiger partial charge on any atom is -0.457 e. The molecule has 1 fully saturated rings. The first-order valence-corrected chi connectivity index (χ1v) is 15.1. The number of hydrogen-bond donors (Lipinski definition) is 0. The molecule has 2 aromatic carbocycles. The van der Waals surface area contributed by atoms with Gasteiger partial charge in [0.15, 0.2) is 6.10 Å². The molecule has 0 spiro atoms. The Morgan fingerprint density at radius 3 is 2.29 bits per heavy atom. The lowest BCUT2D eigenvalue weighted by molar-refractivity contribution is -0.266. The third kappa shape index (κ3) is 7.44. The first kappa shape index (κ1) is 30.5. The van der Waals surface area contributed by atoms with Crippen molar-refractivity contribution in [3.8, 4) is 10.4 Å². The monoisotopic (exact) mass is 596 g/mol. The number of esters is 3. The lowest BCUT2D eigenvalue weighted by atomic mass is 9.92. The van der Waals surface area contributed by atoms with Gasteiger partial charge in [-0.3, -0.25) is 19.2 Å². The van der Waals surface area contributed by atoms with Gasteiger partial charge in [-0.05, 0) is 53.6 Å². The lowest BCUT2D eigenvalue weighted by Crippen LogP contribution is -2.57. The Balaban J connectivity index is 1.66. The topological polar surface area (TPSA) is 105 Å². The molecule has 4 rings (SSSR count). The zero-order valence-electron chi connectivity index (χ0n) is 23.4. The summed E-state index contributed by atoms with van der Waals surface area (Å²) in [7, 11) is 0. The quantitative estimate of drug-likeness (QED) is 0.175. The van der Waals surface area contributed by atoms with E-state index in [0.29, 0.717) is 12.0 Å². The minimum absolute atomic E-state index is 0.455. The fourth-order valence-electron chi connectivity index (χ4n) is 4.88. The van der Waals surface area contributed by atoms with E-state index in [1.807, 2.05) is 43.5 Å². The maximum absolute atomic E-state index is 12.1. The van der Waals surface area contributed by atoms with Crippen LogP contribution in [-0.2, 0) is 39.8 Å². The molecule has 0 aliphatic carbocycles. The predicted octanol–water partition coefficient (Wildman–Crippen LogP) is 5.68. The van der Waals surface area contributed by atoms with Gasteiger partial charge in [-0.25, -0.2) is 0 Å². The van der Waals surface area contributed by atoms with E-state index in [4.69, 9.17) is 18.9 Å². The summed E-state index contributed by atoms with van der Waals surface area (Å²) in [5.41, 5.74) is 4.61. The Hall–Kier alpha value is -3.47. The van der Waals surface area contributed by atoms with E-state index >= 15 is 0 Å². The number of benzene rings is 2. The van der Waals surface area contributed by atoms with Crippen molar-refractivity contribution in [1.82, 2.24) is 0 Å². The fraction of sp³-hybridized carbons (Fsp3) is 0.355. The first-order chi connectivity index (χ1) is 19.6. The van der Waals surface area contributed by atoms with E-state index in [2.05, 4.69) is 18.2 Å². The van der Waals surface area contributed by atoms with Gasteiger partial charge < -0.3 is 18.9 Å². The SMILES string of the molecule is CSC1C(c2ccc(C)c(Cc3ccc(-c4cccc(C=O)c4)s3)c2)OC(OC(C)=O)C(OC(C)=O)C1OC(C)=O. The van der Waals surface area contributed by atoms with Gasteiger partial charge in [0.1, 0.15) is 12.4 Å². The van der Waals surface area contributed by atoms with E-state index < -0.39 is 47.8 Å². The highest BCUT2D eigenvalue weighted by Crippen LogP contribution is 2.42. The third-order valence-electron chi connectivity index (χ3n) is 6.69. The Bertz CT molecular complexity index is 1430. The van der Waals surface area contributed by atoms with Crippen molar-refractivity contribution < 1.29 is 38.1 Å². The highest BCUT2D eigenvalue weighted by molar-refractivity contribution is 7.99. The molecule has 2 heterocycles. The number of carbonyl (C=O) groups excluding carboxylic acids is 4. The zero-order chi connectivity index (χ0) is 29.7. The van der Waals surface area contributed by atoms with Gasteiger partial charge >= 0.3 is 17.9 Å². The summed E-state index contributed by atoms with van der Waals surface area (Å²) in [6.07, 6.45) is -0.561. The van der Waals surface area contributed by atoms with Crippen LogP contribution in [0, 0.1) is 6.92 Å². The molecule has 5 atom stereocenters. The molecule has 5 unspecified atom stereocenters. The van der Waals surface area contributed by atoms with Crippen molar-refractivity contribution in [2.24, 2.45) is 0 Å². The second kappa shape index (κ2) is 13.5. The van der Waals surface area contributed by atoms with E-state index in [9.17, 15) is 19.2 Å². The summed E-state index contributed by atoms with van der Waals surface area (Å²) in [4.78, 5) is 49.4. The van der Waals surface area contributed by atoms with E-state index in [1.54, 1.807) is 17.4 Å². The Kier molecular flexibility index (Phi) is 10.0. The molecule has 10 heteroatoms. The van der Waals surface area contributed by atoms with Crippen LogP contribution in [0.3, 0.4) is 0 Å². The molecule has 0 amide bonds. The van der Waals surface area contributed by atoms with Gasteiger partial charge in [0.05, 0.1) is 5.25 Å². The fourth-order valence-corrected chi connectivity index (χ4v) is 6.85. The van der Waals surface area contributed by atoms with Crippen LogP contribution in [0.25, 0.3) is 10.4 Å². The molecule has 3 aromatic rings. The molecule has 1 aliphatic rings. The minimum atomic E-state index is -1.26. The zero-order valence-corrected chi connectivity index (χ0v) is 25.1. The van der Waals surface area contributed by atoms with Crippen LogP contribution in [0.15, 0.2) is 54.6 Å². The number of aryl methyl sites for hydroxylation is 1. The maximum atomic E-state index is 12.1. The molecule has 0 bridgehead atoms. The highest BCUT2D eigenvalue weighted by Gasteiger charge is 2.51. The smallest absolute Gasteiger partial charge is 0.305 e. The van der Waals surface area contributed by atoms with Crippen LogP contribution in [0.2, 0.25) is 0 Å². The molecule has 8 nitrogen and oxygen atoms in total. The normalized spacial score (nSPS) is 22.0. The summed E-state index contributed by atoms with van der Waals surface area (Å²) in [6.45, 7) is 5.78. The molecule has 216 valence electrons. The van der Waals surface area contributed by atoms with Crippen LogP contribution in [-0.4, -0.2) is 54.2 Å². The van der Waals surface area contributed by atoms with Crippen molar-refractivity contribution in [1.29, 1.82) is 0 Å². The predicted molar refractivity (Wildman–Crippen MR) is 157 cm³/mol. The number of thiophene rings is 1. The standard InChI is InChI=1S/C31H32O8S2/c1-17-9-10-23(14-24(17)15-25-11-12-26(41-25)22-8-6-7-21(13-22)16-32)27-30(40-5)28(36-18(2)33)29(37-19(3)34)31(39-27)38-20(4)35/h6-14,16,27-31H,15H2,1-5H3. The number of rotatable bonds is 9. The van der Waals surface area contributed by atoms with Crippen LogP contribution < -0.4 is 0 Å². The second-order valence-corrected chi connectivity index (χ2v) is 11.9. The number of thioether (sulfide) groups is 1. The van der Waals surface area contributed by atoms with Crippen molar-refractivity contribution in [2.45, 2.75) is 64.0 Å². The van der Waals surface area contributed by atoms with Gasteiger partial charge in [-0.1, -0.05) is 36.4 Å². The molecule has 1 saturated heterocycles. The summed E-state index contributed by atoms with van der Waals surface area (Å²) >= 11 is 3.07.